The van der Waals surface area contributed by atoms with E-state index < -0.39 is 0 Å². The molecule has 1 aliphatic heterocycles. The average molecular weight is 251 g/mol. The van der Waals surface area contributed by atoms with Crippen LogP contribution >= 0.6 is 24.8 Å². The normalized spacial score (nSPS) is 16.3. The van der Waals surface area contributed by atoms with Crippen LogP contribution < -0.4 is 10.9 Å². The maximum atomic E-state index is 11.1. The summed E-state index contributed by atoms with van der Waals surface area (Å²) in [5.74, 6) is 0.573. The van der Waals surface area contributed by atoms with Crippen molar-refractivity contribution >= 4 is 24.8 Å². The summed E-state index contributed by atoms with van der Waals surface area (Å²) in [4.78, 5) is 13.7. The molecule has 0 aliphatic carbocycles. The molecule has 3 nitrogen and oxygen atoms in total. The van der Waals surface area contributed by atoms with Crippen LogP contribution in [-0.2, 0) is 0 Å². The topological polar surface area (TPSA) is 44.9 Å². The molecular weight excluding hydrogens is 235 g/mol. The van der Waals surface area contributed by atoms with Gasteiger partial charge in [0.1, 0.15) is 0 Å². The number of halogens is 2. The van der Waals surface area contributed by atoms with E-state index in [9.17, 15) is 4.79 Å². The lowest BCUT2D eigenvalue weighted by molar-refractivity contribution is 0.460. The number of rotatable bonds is 1. The molecule has 2 N–H and O–H groups in total. The van der Waals surface area contributed by atoms with Crippen LogP contribution in [0.5, 0.6) is 0 Å². The third-order valence-corrected chi connectivity index (χ3v) is 2.61. The molecule has 0 atom stereocenters. The Hall–Kier alpha value is -0.510. The molecule has 1 fully saturated rings. The zero-order valence-corrected chi connectivity index (χ0v) is 10.00. The third kappa shape index (κ3) is 3.86. The molecule has 0 bridgehead atoms. The summed E-state index contributed by atoms with van der Waals surface area (Å²) in [6.45, 7) is 2.13. The second kappa shape index (κ2) is 6.88. The van der Waals surface area contributed by atoms with Gasteiger partial charge in [0.25, 0.3) is 0 Å². The molecule has 1 aliphatic rings. The molecule has 0 spiro atoms. The number of piperidine rings is 1. The van der Waals surface area contributed by atoms with Crippen LogP contribution in [0.15, 0.2) is 23.1 Å². The Morgan fingerprint density at radius 1 is 1.20 bits per heavy atom. The zero-order valence-electron chi connectivity index (χ0n) is 8.36. The highest BCUT2D eigenvalue weighted by Gasteiger charge is 2.14. The largest absolute Gasteiger partial charge is 0.329 e. The Balaban J connectivity index is 0.000000980. The van der Waals surface area contributed by atoms with E-state index in [2.05, 4.69) is 10.3 Å². The van der Waals surface area contributed by atoms with Gasteiger partial charge >= 0.3 is 0 Å². The van der Waals surface area contributed by atoms with Gasteiger partial charge < -0.3 is 10.3 Å². The van der Waals surface area contributed by atoms with Gasteiger partial charge in [-0.05, 0) is 43.5 Å². The van der Waals surface area contributed by atoms with Crippen molar-refractivity contribution in [1.82, 2.24) is 10.3 Å². The molecular formula is C10H16Cl2N2O. The van der Waals surface area contributed by atoms with Gasteiger partial charge in [-0.15, -0.1) is 24.8 Å². The Bertz CT molecular complexity index is 334. The van der Waals surface area contributed by atoms with Crippen LogP contribution in [0.4, 0.5) is 0 Å². The first-order valence-electron chi connectivity index (χ1n) is 4.75. The van der Waals surface area contributed by atoms with Crippen molar-refractivity contribution < 1.29 is 0 Å². The summed E-state index contributed by atoms with van der Waals surface area (Å²) in [6, 6.07) is 3.73. The molecule has 0 aromatic carbocycles. The first-order valence-corrected chi connectivity index (χ1v) is 4.75. The Morgan fingerprint density at radius 2 is 1.87 bits per heavy atom. The van der Waals surface area contributed by atoms with Gasteiger partial charge in [0.05, 0.1) is 0 Å². The van der Waals surface area contributed by atoms with E-state index in [1.54, 1.807) is 12.3 Å². The number of hydrogen-bond donors (Lipinski definition) is 2. The van der Waals surface area contributed by atoms with Gasteiger partial charge in [-0.3, -0.25) is 4.79 Å². The van der Waals surface area contributed by atoms with Crippen molar-refractivity contribution in [3.05, 3.63) is 34.2 Å². The lowest BCUT2D eigenvalue weighted by atomic mass is 9.91. The number of hydrogen-bond acceptors (Lipinski definition) is 2. The van der Waals surface area contributed by atoms with E-state index in [-0.39, 0.29) is 30.4 Å². The zero-order chi connectivity index (χ0) is 9.10. The average Bonchev–Trinajstić information content (AvgIpc) is 2.19. The summed E-state index contributed by atoms with van der Waals surface area (Å²) in [6.07, 6.45) is 4.02. The minimum Gasteiger partial charge on any atom is -0.329 e. The van der Waals surface area contributed by atoms with E-state index >= 15 is 0 Å². The molecule has 1 aromatic rings. The minimum absolute atomic E-state index is 0. The summed E-state index contributed by atoms with van der Waals surface area (Å²) >= 11 is 0. The molecule has 5 heteroatoms. The fourth-order valence-corrected chi connectivity index (χ4v) is 1.87. The van der Waals surface area contributed by atoms with Gasteiger partial charge in [0.2, 0.25) is 5.56 Å². The smallest absolute Gasteiger partial charge is 0.248 e. The van der Waals surface area contributed by atoms with Crippen LogP contribution in [0, 0.1) is 0 Å². The van der Waals surface area contributed by atoms with Gasteiger partial charge in [0.15, 0.2) is 0 Å². The maximum absolute atomic E-state index is 11.1. The molecule has 0 saturated carbocycles. The highest BCUT2D eigenvalue weighted by Crippen LogP contribution is 2.23. The van der Waals surface area contributed by atoms with Crippen LogP contribution in [0.2, 0.25) is 0 Å². The van der Waals surface area contributed by atoms with E-state index in [0.29, 0.717) is 5.92 Å². The summed E-state index contributed by atoms with van der Waals surface area (Å²) in [5.41, 5.74) is 1.20. The number of H-pyrrole nitrogens is 1. The lowest BCUT2D eigenvalue weighted by Crippen LogP contribution is -2.27. The predicted molar refractivity (Wildman–Crippen MR) is 66.4 cm³/mol. The SMILES string of the molecule is Cl.Cl.O=c1cc(C2CCNCC2)cc[nH]1. The molecule has 15 heavy (non-hydrogen) atoms. The van der Waals surface area contributed by atoms with Crippen LogP contribution in [0.1, 0.15) is 24.3 Å². The van der Waals surface area contributed by atoms with E-state index in [0.717, 1.165) is 25.9 Å². The second-order valence-corrected chi connectivity index (χ2v) is 3.51. The summed E-state index contributed by atoms with van der Waals surface area (Å²) in [7, 11) is 0. The third-order valence-electron chi connectivity index (χ3n) is 2.61. The van der Waals surface area contributed by atoms with Crippen molar-refractivity contribution in [2.24, 2.45) is 0 Å². The Kier molecular flexibility index (Phi) is 6.65. The fourth-order valence-electron chi connectivity index (χ4n) is 1.87. The van der Waals surface area contributed by atoms with Crippen molar-refractivity contribution in [3.8, 4) is 0 Å². The standard InChI is InChI=1S/C10H14N2O.2ClH/c13-10-7-9(3-6-12-10)8-1-4-11-5-2-8;;/h3,6-8,11H,1-2,4-5H2,(H,12,13);2*1H. The summed E-state index contributed by atoms with van der Waals surface area (Å²) in [5, 5.41) is 3.31. The fraction of sp³-hybridized carbons (Fsp3) is 0.500. The van der Waals surface area contributed by atoms with E-state index in [1.807, 2.05) is 6.07 Å². The van der Waals surface area contributed by atoms with Gasteiger partial charge in [-0.1, -0.05) is 0 Å². The van der Waals surface area contributed by atoms with Crippen molar-refractivity contribution in [3.63, 3.8) is 0 Å². The van der Waals surface area contributed by atoms with Crippen molar-refractivity contribution in [2.45, 2.75) is 18.8 Å². The molecule has 0 amide bonds. The minimum atomic E-state index is 0. The van der Waals surface area contributed by atoms with Crippen molar-refractivity contribution in [1.29, 1.82) is 0 Å². The molecule has 2 rings (SSSR count). The molecule has 2 heterocycles. The molecule has 86 valence electrons. The van der Waals surface area contributed by atoms with Crippen LogP contribution in [0.3, 0.4) is 0 Å². The monoisotopic (exact) mass is 250 g/mol. The van der Waals surface area contributed by atoms with Gasteiger partial charge in [-0.2, -0.15) is 0 Å². The van der Waals surface area contributed by atoms with Gasteiger partial charge in [-0.25, -0.2) is 0 Å². The van der Waals surface area contributed by atoms with Crippen LogP contribution in [-0.4, -0.2) is 18.1 Å². The highest BCUT2D eigenvalue weighted by molar-refractivity contribution is 5.85. The molecule has 1 saturated heterocycles. The first kappa shape index (κ1) is 14.5. The first-order chi connectivity index (χ1) is 6.36. The number of nitrogens with one attached hydrogen (secondary N) is 2. The summed E-state index contributed by atoms with van der Waals surface area (Å²) < 4.78 is 0. The second-order valence-electron chi connectivity index (χ2n) is 3.51. The van der Waals surface area contributed by atoms with E-state index in [4.69, 9.17) is 0 Å². The van der Waals surface area contributed by atoms with Crippen LogP contribution in [0.25, 0.3) is 0 Å². The van der Waals surface area contributed by atoms with Gasteiger partial charge in [0, 0.05) is 12.3 Å². The molecule has 0 unspecified atom stereocenters. The Labute approximate surface area is 101 Å². The maximum Gasteiger partial charge on any atom is 0.248 e. The number of aromatic nitrogens is 1. The quantitative estimate of drug-likeness (QED) is 0.797. The molecule has 0 radical (unpaired) electrons. The van der Waals surface area contributed by atoms with Crippen molar-refractivity contribution in [2.75, 3.05) is 13.1 Å². The lowest BCUT2D eigenvalue weighted by Gasteiger charge is -2.22. The number of aromatic amines is 1. The van der Waals surface area contributed by atoms with E-state index in [1.165, 1.54) is 5.56 Å². The number of pyridine rings is 1. The molecule has 1 aromatic heterocycles. The highest BCUT2D eigenvalue weighted by atomic mass is 35.5. The Morgan fingerprint density at radius 3 is 2.47 bits per heavy atom. The predicted octanol–water partition coefficient (Wildman–Crippen LogP) is 1.69.